The van der Waals surface area contributed by atoms with E-state index in [0.29, 0.717) is 5.56 Å². The van der Waals surface area contributed by atoms with E-state index in [1.807, 2.05) is 42.5 Å². The molecule has 5 heteroatoms. The Morgan fingerprint density at radius 1 is 1.07 bits per heavy atom. The van der Waals surface area contributed by atoms with Gasteiger partial charge >= 0.3 is 0 Å². The lowest BCUT2D eigenvalue weighted by Crippen LogP contribution is -3.11. The van der Waals surface area contributed by atoms with Gasteiger partial charge in [-0.05, 0) is 61.2 Å². The van der Waals surface area contributed by atoms with Gasteiger partial charge < -0.3 is 15.0 Å². The number of carbonyl (C=O) groups excluding carboxylic acids is 2. The molecule has 1 fully saturated rings. The Morgan fingerprint density at radius 2 is 1.79 bits per heavy atom. The van der Waals surface area contributed by atoms with E-state index in [2.05, 4.69) is 5.32 Å². The minimum absolute atomic E-state index is 0.0338. The Hall–Kier alpha value is -2.92. The van der Waals surface area contributed by atoms with E-state index in [4.69, 9.17) is 4.74 Å². The number of carbonyl (C=O) groups is 2. The summed E-state index contributed by atoms with van der Waals surface area (Å²) in [4.78, 5) is 25.3. The lowest BCUT2D eigenvalue weighted by Gasteiger charge is -2.24. The lowest BCUT2D eigenvalue weighted by molar-refractivity contribution is -0.918. The van der Waals surface area contributed by atoms with Gasteiger partial charge in [0.1, 0.15) is 12.3 Å². The SMILES string of the molecule is COc1ccc(C(=O)/C=C/c2ccc(NC(C)=O)cc2)cc1C[NH+]1CCCCC1. The average Bonchev–Trinajstić information content (AvgIpc) is 2.73. The molecule has 0 bridgehead atoms. The van der Waals surface area contributed by atoms with Crippen molar-refractivity contribution in [2.24, 2.45) is 0 Å². The Morgan fingerprint density at radius 3 is 2.45 bits per heavy atom. The topological polar surface area (TPSA) is 59.8 Å². The molecule has 2 aromatic rings. The fourth-order valence-electron chi connectivity index (χ4n) is 3.72. The molecule has 1 aliphatic rings. The van der Waals surface area contributed by atoms with E-state index < -0.39 is 0 Å². The molecular formula is C24H29N2O3+. The van der Waals surface area contributed by atoms with Gasteiger partial charge in [0.05, 0.1) is 20.2 Å². The molecule has 0 atom stereocenters. The van der Waals surface area contributed by atoms with Crippen molar-refractivity contribution in [1.29, 1.82) is 0 Å². The van der Waals surface area contributed by atoms with Gasteiger partial charge in [0.15, 0.2) is 5.78 Å². The summed E-state index contributed by atoms with van der Waals surface area (Å²) in [5.74, 6) is 0.704. The zero-order valence-corrected chi connectivity index (χ0v) is 17.2. The minimum atomic E-state index is -0.106. The maximum Gasteiger partial charge on any atom is 0.221 e. The van der Waals surface area contributed by atoms with Crippen LogP contribution in [0.3, 0.4) is 0 Å². The largest absolute Gasteiger partial charge is 0.496 e. The number of nitrogens with one attached hydrogen (secondary N) is 2. The molecule has 29 heavy (non-hydrogen) atoms. The Balaban J connectivity index is 1.70. The number of benzene rings is 2. The van der Waals surface area contributed by atoms with Crippen molar-refractivity contribution in [2.75, 3.05) is 25.5 Å². The monoisotopic (exact) mass is 393 g/mol. The first kappa shape index (κ1) is 20.8. The van der Waals surface area contributed by atoms with Crippen molar-refractivity contribution in [1.82, 2.24) is 0 Å². The highest BCUT2D eigenvalue weighted by atomic mass is 16.5. The zero-order valence-electron chi connectivity index (χ0n) is 17.2. The van der Waals surface area contributed by atoms with Gasteiger partial charge in [-0.25, -0.2) is 0 Å². The van der Waals surface area contributed by atoms with Crippen LogP contribution in [-0.2, 0) is 11.3 Å². The second-order valence-electron chi connectivity index (χ2n) is 7.51. The highest BCUT2D eigenvalue weighted by Gasteiger charge is 2.17. The fourth-order valence-corrected chi connectivity index (χ4v) is 3.72. The van der Waals surface area contributed by atoms with E-state index in [-0.39, 0.29) is 11.7 Å². The molecule has 0 unspecified atom stereocenters. The van der Waals surface area contributed by atoms with Crippen molar-refractivity contribution in [3.63, 3.8) is 0 Å². The molecule has 1 amide bonds. The molecule has 0 spiro atoms. The van der Waals surface area contributed by atoms with Crippen LogP contribution in [0.15, 0.2) is 48.5 Å². The third kappa shape index (κ3) is 6.03. The molecule has 3 rings (SSSR count). The van der Waals surface area contributed by atoms with Gasteiger partial charge in [-0.2, -0.15) is 0 Å². The highest BCUT2D eigenvalue weighted by Crippen LogP contribution is 2.20. The van der Waals surface area contributed by atoms with Gasteiger partial charge in [0, 0.05) is 23.7 Å². The van der Waals surface area contributed by atoms with Crippen molar-refractivity contribution in [3.8, 4) is 5.75 Å². The summed E-state index contributed by atoms with van der Waals surface area (Å²) >= 11 is 0. The van der Waals surface area contributed by atoms with Gasteiger partial charge in [-0.3, -0.25) is 9.59 Å². The second-order valence-corrected chi connectivity index (χ2v) is 7.51. The van der Waals surface area contributed by atoms with Crippen molar-refractivity contribution >= 4 is 23.5 Å². The van der Waals surface area contributed by atoms with Crippen molar-refractivity contribution < 1.29 is 19.2 Å². The highest BCUT2D eigenvalue weighted by molar-refractivity contribution is 6.07. The molecule has 1 aliphatic heterocycles. The van der Waals surface area contributed by atoms with Gasteiger partial charge in [-0.15, -0.1) is 0 Å². The van der Waals surface area contributed by atoms with E-state index in [1.165, 1.54) is 39.3 Å². The van der Waals surface area contributed by atoms with Crippen LogP contribution in [0.2, 0.25) is 0 Å². The number of hydrogen-bond acceptors (Lipinski definition) is 3. The van der Waals surface area contributed by atoms with Crippen LogP contribution in [0.1, 0.15) is 47.7 Å². The van der Waals surface area contributed by atoms with Crippen LogP contribution in [0, 0.1) is 0 Å². The quantitative estimate of drug-likeness (QED) is 0.561. The number of allylic oxidation sites excluding steroid dienone is 1. The Labute approximate surface area is 172 Å². The van der Waals surface area contributed by atoms with Crippen LogP contribution >= 0.6 is 0 Å². The van der Waals surface area contributed by atoms with Crippen molar-refractivity contribution in [3.05, 3.63) is 65.2 Å². The summed E-state index contributed by atoms with van der Waals surface area (Å²) in [6, 6.07) is 13.1. The van der Waals surface area contributed by atoms with Crippen LogP contribution in [0.5, 0.6) is 5.75 Å². The first-order valence-electron chi connectivity index (χ1n) is 10.2. The first-order chi connectivity index (χ1) is 14.0. The maximum absolute atomic E-state index is 12.7. The molecule has 1 heterocycles. The number of hydrogen-bond donors (Lipinski definition) is 2. The summed E-state index contributed by atoms with van der Waals surface area (Å²) in [5, 5.41) is 2.73. The number of methoxy groups -OCH3 is 1. The molecular weight excluding hydrogens is 364 g/mol. The predicted molar refractivity (Wildman–Crippen MR) is 115 cm³/mol. The zero-order chi connectivity index (χ0) is 20.6. The maximum atomic E-state index is 12.7. The minimum Gasteiger partial charge on any atom is -0.496 e. The Kier molecular flexibility index (Phi) is 7.19. The number of amides is 1. The van der Waals surface area contributed by atoms with Gasteiger partial charge in [0.2, 0.25) is 5.91 Å². The Bertz CT molecular complexity index is 881. The molecule has 152 valence electrons. The lowest BCUT2D eigenvalue weighted by atomic mass is 10.0. The van der Waals surface area contributed by atoms with E-state index >= 15 is 0 Å². The van der Waals surface area contributed by atoms with Gasteiger partial charge in [-0.1, -0.05) is 18.2 Å². The predicted octanol–water partition coefficient (Wildman–Crippen LogP) is 3.12. The molecule has 2 aromatic carbocycles. The molecule has 0 aliphatic carbocycles. The van der Waals surface area contributed by atoms with Crippen LogP contribution in [-0.4, -0.2) is 31.9 Å². The standard InChI is InChI=1S/C24H28N2O3/c1-18(27)25-22-10-6-19(7-11-22)8-12-23(28)20-9-13-24(29-2)21(16-20)17-26-14-4-3-5-15-26/h6-13,16H,3-5,14-15,17H2,1-2H3,(H,25,27)/p+1/b12-8+. The number of likely N-dealkylation sites (tertiary alicyclic amines) is 1. The molecule has 5 nitrogen and oxygen atoms in total. The average molecular weight is 394 g/mol. The van der Waals surface area contributed by atoms with Crippen LogP contribution in [0.25, 0.3) is 6.08 Å². The fraction of sp³-hybridized carbons (Fsp3) is 0.333. The van der Waals surface area contributed by atoms with E-state index in [1.54, 1.807) is 24.2 Å². The number of piperidine rings is 1. The first-order valence-corrected chi connectivity index (χ1v) is 10.2. The smallest absolute Gasteiger partial charge is 0.221 e. The van der Waals surface area contributed by atoms with Gasteiger partial charge in [0.25, 0.3) is 0 Å². The molecule has 1 saturated heterocycles. The normalized spacial score (nSPS) is 14.7. The summed E-state index contributed by atoms with van der Waals surface area (Å²) < 4.78 is 5.52. The number of rotatable bonds is 7. The van der Waals surface area contributed by atoms with E-state index in [9.17, 15) is 9.59 Å². The number of anilines is 1. The van der Waals surface area contributed by atoms with E-state index in [0.717, 1.165) is 29.1 Å². The summed E-state index contributed by atoms with van der Waals surface area (Å²) in [7, 11) is 1.68. The second kappa shape index (κ2) is 10.0. The molecule has 0 saturated carbocycles. The number of ketones is 1. The molecule has 2 N–H and O–H groups in total. The summed E-state index contributed by atoms with van der Waals surface area (Å²) in [6.07, 6.45) is 7.22. The van der Waals surface area contributed by atoms with Crippen molar-refractivity contribution in [2.45, 2.75) is 32.7 Å². The summed E-state index contributed by atoms with van der Waals surface area (Å²) in [6.45, 7) is 4.71. The third-order valence-electron chi connectivity index (χ3n) is 5.22. The van der Waals surface area contributed by atoms with Crippen LogP contribution in [0.4, 0.5) is 5.69 Å². The number of quaternary nitrogens is 1. The summed E-state index contributed by atoms with van der Waals surface area (Å²) in [5.41, 5.74) is 3.39. The number of ether oxygens (including phenoxy) is 1. The third-order valence-corrected chi connectivity index (χ3v) is 5.22. The molecule has 0 aromatic heterocycles. The molecule has 0 radical (unpaired) electrons. The van der Waals surface area contributed by atoms with Crippen LogP contribution < -0.4 is 15.0 Å².